The highest BCUT2D eigenvalue weighted by Gasteiger charge is 2.27. The van der Waals surface area contributed by atoms with E-state index in [2.05, 4.69) is 15.9 Å². The molecule has 0 aromatic heterocycles. The van der Waals surface area contributed by atoms with Crippen molar-refractivity contribution in [3.05, 3.63) is 70.2 Å². The van der Waals surface area contributed by atoms with E-state index in [0.717, 1.165) is 15.6 Å². The van der Waals surface area contributed by atoms with E-state index in [4.69, 9.17) is 4.74 Å². The van der Waals surface area contributed by atoms with Crippen LogP contribution in [0, 0.1) is 0 Å². The van der Waals surface area contributed by atoms with Gasteiger partial charge in [-0.25, -0.2) is 4.79 Å². The highest BCUT2D eigenvalue weighted by molar-refractivity contribution is 9.10. The molecule has 0 radical (unpaired) electrons. The maximum Gasteiger partial charge on any atom is 0.410 e. The molecule has 0 saturated carbocycles. The second kappa shape index (κ2) is 10.1. The minimum atomic E-state index is -0.557. The second-order valence-corrected chi connectivity index (χ2v) is 8.89. The minimum Gasteiger partial charge on any atom is -0.444 e. The Labute approximate surface area is 176 Å². The molecule has 28 heavy (non-hydrogen) atoms. The number of hydrogen-bond donors (Lipinski definition) is 1. The van der Waals surface area contributed by atoms with Crippen LogP contribution in [0.2, 0.25) is 0 Å². The number of carbonyl (C=O) groups is 1. The fourth-order valence-corrected chi connectivity index (χ4v) is 3.25. The molecule has 0 aliphatic rings. The summed E-state index contributed by atoms with van der Waals surface area (Å²) in [6.45, 7) is 8.11. The first kappa shape index (κ1) is 22.4. The van der Waals surface area contributed by atoms with E-state index in [0.29, 0.717) is 19.4 Å². The van der Waals surface area contributed by atoms with Gasteiger partial charge in [-0.15, -0.1) is 0 Å². The molecule has 0 spiro atoms. The number of nitrogens with zero attached hydrogens (tertiary/aromatic N) is 1. The van der Waals surface area contributed by atoms with Crippen molar-refractivity contribution in [3.8, 4) is 0 Å². The molecule has 1 amide bonds. The minimum absolute atomic E-state index is 0.128. The first-order valence-electron chi connectivity index (χ1n) is 9.65. The standard InChI is InChI=1S/C23H30BrNO3/c1-17(18-12-14-20(24)15-13-18)25(22(27)28-23(2,3)4)16-8-11-21(26)19-9-6-5-7-10-19/h5-7,9-10,12-15,17,21,26H,8,11,16H2,1-4H3/t17-,21?/m1/s1. The lowest BCUT2D eigenvalue weighted by atomic mass is 10.0. The van der Waals surface area contributed by atoms with Crippen LogP contribution in [0.4, 0.5) is 4.79 Å². The van der Waals surface area contributed by atoms with Crippen LogP contribution >= 0.6 is 15.9 Å². The number of hydrogen-bond acceptors (Lipinski definition) is 3. The van der Waals surface area contributed by atoms with Crippen molar-refractivity contribution in [2.45, 2.75) is 58.3 Å². The van der Waals surface area contributed by atoms with Gasteiger partial charge in [-0.1, -0.05) is 58.4 Å². The molecule has 0 bridgehead atoms. The molecule has 0 aliphatic carbocycles. The van der Waals surface area contributed by atoms with Crippen LogP contribution in [-0.2, 0) is 4.74 Å². The molecule has 1 unspecified atom stereocenters. The number of benzene rings is 2. The first-order valence-corrected chi connectivity index (χ1v) is 10.4. The molecule has 2 rings (SSSR count). The molecule has 4 nitrogen and oxygen atoms in total. The summed E-state index contributed by atoms with van der Waals surface area (Å²) < 4.78 is 6.62. The van der Waals surface area contributed by atoms with Gasteiger partial charge in [0.1, 0.15) is 5.60 Å². The van der Waals surface area contributed by atoms with Crippen LogP contribution < -0.4 is 0 Å². The highest BCUT2D eigenvalue weighted by Crippen LogP contribution is 2.26. The van der Waals surface area contributed by atoms with E-state index >= 15 is 0 Å². The summed E-state index contributed by atoms with van der Waals surface area (Å²) >= 11 is 3.45. The molecule has 2 aromatic rings. The Balaban J connectivity index is 2.07. The third-order valence-electron chi connectivity index (χ3n) is 4.51. The van der Waals surface area contributed by atoms with Crippen LogP contribution in [0.25, 0.3) is 0 Å². The maximum absolute atomic E-state index is 12.8. The van der Waals surface area contributed by atoms with E-state index in [1.54, 1.807) is 4.90 Å². The molecule has 5 heteroatoms. The number of amides is 1. The number of halogens is 1. The lowest BCUT2D eigenvalue weighted by molar-refractivity contribution is 0.0160. The van der Waals surface area contributed by atoms with E-state index in [1.807, 2.05) is 82.3 Å². The summed E-state index contributed by atoms with van der Waals surface area (Å²) in [5.41, 5.74) is 1.38. The Kier molecular flexibility index (Phi) is 8.08. The van der Waals surface area contributed by atoms with Crippen molar-refractivity contribution in [2.75, 3.05) is 6.54 Å². The highest BCUT2D eigenvalue weighted by atomic mass is 79.9. The first-order chi connectivity index (χ1) is 13.2. The molecule has 152 valence electrons. The predicted octanol–water partition coefficient (Wildman–Crippen LogP) is 6.26. The molecule has 0 heterocycles. The van der Waals surface area contributed by atoms with E-state index < -0.39 is 11.7 Å². The topological polar surface area (TPSA) is 49.8 Å². The summed E-state index contributed by atoms with van der Waals surface area (Å²) in [5, 5.41) is 10.4. The van der Waals surface area contributed by atoms with E-state index in [1.165, 1.54) is 0 Å². The van der Waals surface area contributed by atoms with E-state index in [9.17, 15) is 9.90 Å². The molecule has 2 atom stereocenters. The third-order valence-corrected chi connectivity index (χ3v) is 5.04. The normalized spacial score (nSPS) is 13.6. The molecule has 0 saturated heterocycles. The predicted molar refractivity (Wildman–Crippen MR) is 116 cm³/mol. The third kappa shape index (κ3) is 6.95. The zero-order valence-electron chi connectivity index (χ0n) is 17.1. The van der Waals surface area contributed by atoms with Gasteiger partial charge in [0.05, 0.1) is 12.1 Å². The van der Waals surface area contributed by atoms with Gasteiger partial charge in [0.25, 0.3) is 0 Å². The van der Waals surface area contributed by atoms with Crippen LogP contribution in [0.1, 0.15) is 63.8 Å². The number of aliphatic hydroxyl groups is 1. The van der Waals surface area contributed by atoms with Crippen LogP contribution in [-0.4, -0.2) is 28.2 Å². The van der Waals surface area contributed by atoms with Gasteiger partial charge in [0, 0.05) is 11.0 Å². The summed E-state index contributed by atoms with van der Waals surface area (Å²) in [4.78, 5) is 14.6. The molecular formula is C23H30BrNO3. The zero-order chi connectivity index (χ0) is 20.7. The smallest absolute Gasteiger partial charge is 0.410 e. The Hall–Kier alpha value is -1.85. The van der Waals surface area contributed by atoms with E-state index in [-0.39, 0.29) is 12.1 Å². The van der Waals surface area contributed by atoms with Crippen LogP contribution in [0.3, 0.4) is 0 Å². The Morgan fingerprint density at radius 1 is 1.07 bits per heavy atom. The van der Waals surface area contributed by atoms with Crippen molar-refractivity contribution < 1.29 is 14.6 Å². The van der Waals surface area contributed by atoms with Crippen molar-refractivity contribution in [3.63, 3.8) is 0 Å². The van der Waals surface area contributed by atoms with Gasteiger partial charge in [-0.3, -0.25) is 0 Å². The van der Waals surface area contributed by atoms with Crippen molar-refractivity contribution >= 4 is 22.0 Å². The Morgan fingerprint density at radius 3 is 2.25 bits per heavy atom. The number of aliphatic hydroxyl groups excluding tert-OH is 1. The monoisotopic (exact) mass is 447 g/mol. The van der Waals surface area contributed by atoms with Gasteiger partial charge in [-0.2, -0.15) is 0 Å². The fraction of sp³-hybridized carbons (Fsp3) is 0.435. The van der Waals surface area contributed by atoms with Gasteiger partial charge in [0.15, 0.2) is 0 Å². The van der Waals surface area contributed by atoms with Gasteiger partial charge < -0.3 is 14.7 Å². The Bertz CT molecular complexity index is 741. The average molecular weight is 448 g/mol. The second-order valence-electron chi connectivity index (χ2n) is 7.97. The van der Waals surface area contributed by atoms with Crippen molar-refractivity contribution in [2.24, 2.45) is 0 Å². The average Bonchev–Trinajstić information content (AvgIpc) is 2.64. The Morgan fingerprint density at radius 2 is 1.68 bits per heavy atom. The largest absolute Gasteiger partial charge is 0.444 e. The molecule has 1 N–H and O–H groups in total. The SMILES string of the molecule is C[C@H](c1ccc(Br)cc1)N(CCCC(O)c1ccccc1)C(=O)OC(C)(C)C. The summed E-state index contributed by atoms with van der Waals surface area (Å²) in [5.74, 6) is 0. The van der Waals surface area contributed by atoms with Gasteiger partial charge in [0.2, 0.25) is 0 Å². The molecular weight excluding hydrogens is 418 g/mol. The number of rotatable bonds is 7. The zero-order valence-corrected chi connectivity index (χ0v) is 18.6. The molecule has 2 aromatic carbocycles. The van der Waals surface area contributed by atoms with Gasteiger partial charge in [-0.05, 0) is 63.8 Å². The summed E-state index contributed by atoms with van der Waals surface area (Å²) in [6, 6.07) is 17.4. The molecule has 0 fully saturated rings. The number of carbonyl (C=O) groups excluding carboxylic acids is 1. The quantitative estimate of drug-likeness (QED) is 0.544. The van der Waals surface area contributed by atoms with Crippen LogP contribution in [0.5, 0.6) is 0 Å². The summed E-state index contributed by atoms with van der Waals surface area (Å²) in [7, 11) is 0. The lowest BCUT2D eigenvalue weighted by Crippen LogP contribution is -2.39. The van der Waals surface area contributed by atoms with Crippen molar-refractivity contribution in [1.29, 1.82) is 0 Å². The summed E-state index contributed by atoms with van der Waals surface area (Å²) in [6.07, 6.45) is 0.383. The van der Waals surface area contributed by atoms with Gasteiger partial charge >= 0.3 is 6.09 Å². The maximum atomic E-state index is 12.8. The van der Waals surface area contributed by atoms with Crippen molar-refractivity contribution in [1.82, 2.24) is 4.90 Å². The lowest BCUT2D eigenvalue weighted by Gasteiger charge is -2.32. The number of ether oxygens (including phenoxy) is 1. The fourth-order valence-electron chi connectivity index (χ4n) is 2.98. The van der Waals surface area contributed by atoms with Crippen LogP contribution in [0.15, 0.2) is 59.1 Å². The molecule has 0 aliphatic heterocycles.